The van der Waals surface area contributed by atoms with Crippen LogP contribution in [0, 0.1) is 8.70 Å². The predicted molar refractivity (Wildman–Crippen MR) is 81.8 cm³/mol. The predicted octanol–water partition coefficient (Wildman–Crippen LogP) is 4.50. The molecule has 0 aliphatic heterocycles. The second kappa shape index (κ2) is 5.77. The summed E-state index contributed by atoms with van der Waals surface area (Å²) < 4.78 is 14.8. The molecule has 1 aromatic heterocycles. The van der Waals surface area contributed by atoms with Gasteiger partial charge in [-0.05, 0) is 79.6 Å². The summed E-state index contributed by atoms with van der Waals surface area (Å²) in [5.41, 5.74) is 8.30. The molecule has 0 aliphatic carbocycles. The number of hydrogen-bond donors (Lipinski definition) is 1. The summed E-state index contributed by atoms with van der Waals surface area (Å²) in [4.78, 5) is 0. The van der Waals surface area contributed by atoms with Gasteiger partial charge in [0.1, 0.15) is 5.82 Å². The third kappa shape index (κ3) is 3.49. The maximum absolute atomic E-state index is 13.1. The van der Waals surface area contributed by atoms with Gasteiger partial charge in [0, 0.05) is 6.04 Å². The van der Waals surface area contributed by atoms with Crippen LogP contribution in [0.1, 0.15) is 17.2 Å². The van der Waals surface area contributed by atoms with Crippen molar-refractivity contribution in [3.8, 4) is 0 Å². The van der Waals surface area contributed by atoms with E-state index in [0.717, 1.165) is 11.1 Å². The number of benzene rings is 1. The van der Waals surface area contributed by atoms with Gasteiger partial charge in [-0.2, -0.15) is 0 Å². The van der Waals surface area contributed by atoms with E-state index < -0.39 is 0 Å². The van der Waals surface area contributed by atoms with Gasteiger partial charge >= 0.3 is 0 Å². The van der Waals surface area contributed by atoms with Crippen molar-refractivity contribution in [3.63, 3.8) is 0 Å². The first-order valence-electron chi connectivity index (χ1n) is 4.99. The summed E-state index contributed by atoms with van der Waals surface area (Å²) in [5.74, 6) is -0.243. The lowest BCUT2D eigenvalue weighted by atomic mass is 10.0. The SMILES string of the molecule is NC(Cc1ccc(F)c(Br)c1)c1csc(I)c1. The zero-order valence-electron chi connectivity index (χ0n) is 8.79. The summed E-state index contributed by atoms with van der Waals surface area (Å²) in [7, 11) is 0. The second-order valence-electron chi connectivity index (χ2n) is 3.74. The van der Waals surface area contributed by atoms with E-state index >= 15 is 0 Å². The topological polar surface area (TPSA) is 26.0 Å². The van der Waals surface area contributed by atoms with Crippen molar-refractivity contribution in [2.45, 2.75) is 12.5 Å². The fraction of sp³-hybridized carbons (Fsp3) is 0.167. The molecule has 0 aliphatic rings. The Morgan fingerprint density at radius 2 is 2.18 bits per heavy atom. The van der Waals surface area contributed by atoms with Gasteiger partial charge in [0.05, 0.1) is 7.36 Å². The second-order valence-corrected chi connectivity index (χ2v) is 7.40. The molecule has 2 aromatic rings. The molecule has 0 radical (unpaired) electrons. The molecule has 90 valence electrons. The molecule has 0 bridgehead atoms. The molecule has 1 heterocycles. The van der Waals surface area contributed by atoms with E-state index in [1.165, 1.54) is 8.95 Å². The van der Waals surface area contributed by atoms with Crippen LogP contribution in [0.2, 0.25) is 0 Å². The quantitative estimate of drug-likeness (QED) is 0.720. The third-order valence-electron chi connectivity index (χ3n) is 2.46. The summed E-state index contributed by atoms with van der Waals surface area (Å²) in [6, 6.07) is 7.08. The average molecular weight is 426 g/mol. The van der Waals surface area contributed by atoms with Gasteiger partial charge in [-0.3, -0.25) is 0 Å². The Morgan fingerprint density at radius 1 is 1.41 bits per heavy atom. The zero-order valence-corrected chi connectivity index (χ0v) is 13.4. The van der Waals surface area contributed by atoms with Crippen LogP contribution in [0.3, 0.4) is 0 Å². The normalized spacial score (nSPS) is 12.7. The maximum Gasteiger partial charge on any atom is 0.137 e. The van der Waals surface area contributed by atoms with Crippen LogP contribution in [-0.4, -0.2) is 0 Å². The minimum Gasteiger partial charge on any atom is -0.324 e. The molecular formula is C12H10BrFINS. The van der Waals surface area contributed by atoms with Crippen LogP contribution < -0.4 is 5.73 Å². The van der Waals surface area contributed by atoms with Crippen molar-refractivity contribution < 1.29 is 4.39 Å². The Balaban J connectivity index is 2.12. The standard InChI is InChI=1S/C12H10BrFINS/c13-9-3-7(1-2-10(9)14)4-11(16)8-5-12(15)17-6-8/h1-3,5-6,11H,4,16H2. The van der Waals surface area contributed by atoms with Crippen LogP contribution in [0.25, 0.3) is 0 Å². The van der Waals surface area contributed by atoms with Crippen LogP contribution in [0.4, 0.5) is 4.39 Å². The van der Waals surface area contributed by atoms with Crippen LogP contribution in [-0.2, 0) is 6.42 Å². The largest absolute Gasteiger partial charge is 0.324 e. The van der Waals surface area contributed by atoms with Gasteiger partial charge in [-0.1, -0.05) is 6.07 Å². The lowest BCUT2D eigenvalue weighted by molar-refractivity contribution is 0.619. The van der Waals surface area contributed by atoms with E-state index in [1.54, 1.807) is 23.5 Å². The Bertz CT molecular complexity index is 529. The highest BCUT2D eigenvalue weighted by molar-refractivity contribution is 14.1. The lowest BCUT2D eigenvalue weighted by Gasteiger charge is -2.10. The summed E-state index contributed by atoms with van der Waals surface area (Å²) in [5, 5.41) is 2.07. The molecule has 1 nitrogen and oxygen atoms in total. The van der Waals surface area contributed by atoms with E-state index in [1.807, 2.05) is 0 Å². The molecule has 2 rings (SSSR count). The highest BCUT2D eigenvalue weighted by atomic mass is 127. The Kier molecular flexibility index (Phi) is 4.57. The Hall–Kier alpha value is 0.0200. The van der Waals surface area contributed by atoms with Crippen molar-refractivity contribution in [1.82, 2.24) is 0 Å². The van der Waals surface area contributed by atoms with Gasteiger partial charge in [0.15, 0.2) is 0 Å². The summed E-state index contributed by atoms with van der Waals surface area (Å²) in [6.07, 6.45) is 0.714. The number of halogens is 3. The minimum atomic E-state index is -0.243. The smallest absolute Gasteiger partial charge is 0.137 e. The van der Waals surface area contributed by atoms with E-state index in [4.69, 9.17) is 5.73 Å². The van der Waals surface area contributed by atoms with Gasteiger partial charge in [0.25, 0.3) is 0 Å². The van der Waals surface area contributed by atoms with Gasteiger partial charge in [0.2, 0.25) is 0 Å². The molecule has 5 heteroatoms. The zero-order chi connectivity index (χ0) is 12.4. The molecule has 2 N–H and O–H groups in total. The van der Waals surface area contributed by atoms with Crippen molar-refractivity contribution in [3.05, 3.63) is 53.9 Å². The molecule has 1 unspecified atom stereocenters. The van der Waals surface area contributed by atoms with Crippen LogP contribution in [0.15, 0.2) is 34.1 Å². The lowest BCUT2D eigenvalue weighted by Crippen LogP contribution is -2.12. The summed E-state index contributed by atoms with van der Waals surface area (Å²) in [6.45, 7) is 0. The van der Waals surface area contributed by atoms with E-state index in [9.17, 15) is 4.39 Å². The highest BCUT2D eigenvalue weighted by Crippen LogP contribution is 2.25. The van der Waals surface area contributed by atoms with Gasteiger partial charge < -0.3 is 5.73 Å². The van der Waals surface area contributed by atoms with E-state index in [2.05, 4.69) is 50.0 Å². The fourth-order valence-electron chi connectivity index (χ4n) is 1.56. The fourth-order valence-corrected chi connectivity index (χ4v) is 3.42. The van der Waals surface area contributed by atoms with E-state index in [-0.39, 0.29) is 11.9 Å². The molecule has 1 aromatic carbocycles. The van der Waals surface area contributed by atoms with Crippen molar-refractivity contribution in [2.24, 2.45) is 5.73 Å². The molecule has 0 saturated carbocycles. The molecule has 0 spiro atoms. The number of nitrogens with two attached hydrogens (primary N) is 1. The van der Waals surface area contributed by atoms with Crippen LogP contribution in [0.5, 0.6) is 0 Å². The highest BCUT2D eigenvalue weighted by Gasteiger charge is 2.10. The van der Waals surface area contributed by atoms with Crippen molar-refractivity contribution in [2.75, 3.05) is 0 Å². The van der Waals surface area contributed by atoms with Crippen molar-refractivity contribution >= 4 is 49.9 Å². The Morgan fingerprint density at radius 3 is 2.76 bits per heavy atom. The third-order valence-corrected chi connectivity index (χ3v) is 4.87. The molecule has 0 saturated heterocycles. The Labute approximate surface area is 125 Å². The van der Waals surface area contributed by atoms with Crippen LogP contribution >= 0.6 is 49.9 Å². The monoisotopic (exact) mass is 425 g/mol. The molecule has 17 heavy (non-hydrogen) atoms. The minimum absolute atomic E-state index is 0.0351. The molecular weight excluding hydrogens is 416 g/mol. The first kappa shape index (κ1) is 13.5. The number of rotatable bonds is 3. The van der Waals surface area contributed by atoms with Gasteiger partial charge in [-0.15, -0.1) is 11.3 Å². The van der Waals surface area contributed by atoms with E-state index in [0.29, 0.717) is 10.9 Å². The molecule has 1 atom stereocenters. The first-order valence-corrected chi connectivity index (χ1v) is 7.75. The number of thiophene rings is 1. The molecule has 0 fully saturated rings. The van der Waals surface area contributed by atoms with Crippen molar-refractivity contribution in [1.29, 1.82) is 0 Å². The first-order chi connectivity index (χ1) is 8.06. The summed E-state index contributed by atoms with van der Waals surface area (Å²) >= 11 is 7.15. The average Bonchev–Trinajstić information content (AvgIpc) is 2.70. The van der Waals surface area contributed by atoms with Gasteiger partial charge in [-0.25, -0.2) is 4.39 Å². The maximum atomic E-state index is 13.1. The molecule has 0 amide bonds. The number of hydrogen-bond acceptors (Lipinski definition) is 2.